The minimum Gasteiger partial charge on any atom is -0.492 e. The third kappa shape index (κ3) is 4.80. The Kier molecular flexibility index (Phi) is 6.80. The van der Waals surface area contributed by atoms with Crippen LogP contribution in [0.15, 0.2) is 54.6 Å². The fraction of sp³-hybridized carbons (Fsp3) is 0.462. The molecule has 2 amide bonds. The van der Waals surface area contributed by atoms with Gasteiger partial charge in [-0.05, 0) is 50.3 Å². The van der Waals surface area contributed by atoms with Gasteiger partial charge in [-0.2, -0.15) is 0 Å². The van der Waals surface area contributed by atoms with Crippen LogP contribution in [0.5, 0.6) is 5.75 Å². The molecule has 0 saturated carbocycles. The Morgan fingerprint density at radius 1 is 1.03 bits per heavy atom. The lowest BCUT2D eigenvalue weighted by Gasteiger charge is -2.38. The minimum absolute atomic E-state index is 0.0522. The van der Waals surface area contributed by atoms with Gasteiger partial charge in [0.2, 0.25) is 5.91 Å². The summed E-state index contributed by atoms with van der Waals surface area (Å²) in [5.74, 6) is 1.47. The number of piperidine rings is 1. The molecule has 0 N–H and O–H groups in total. The van der Waals surface area contributed by atoms with E-state index in [1.54, 1.807) is 6.92 Å². The van der Waals surface area contributed by atoms with Gasteiger partial charge in [0, 0.05) is 56.5 Å². The summed E-state index contributed by atoms with van der Waals surface area (Å²) >= 11 is 0. The van der Waals surface area contributed by atoms with E-state index < -0.39 is 0 Å². The van der Waals surface area contributed by atoms with Crippen LogP contribution >= 0.6 is 0 Å². The van der Waals surface area contributed by atoms with E-state index in [9.17, 15) is 9.59 Å². The molecule has 2 aliphatic heterocycles. The van der Waals surface area contributed by atoms with Crippen molar-refractivity contribution in [2.45, 2.75) is 25.3 Å². The molecule has 0 aliphatic carbocycles. The van der Waals surface area contributed by atoms with Gasteiger partial charge in [-0.25, -0.2) is 0 Å². The SMILES string of the molecule is CC(=O)N1C[C@H](c2ccccc2)[C@H]2CN(C(=O)c3ccc(OCCN(C)C)cc3)CC[C@H]21. The van der Waals surface area contributed by atoms with Crippen molar-refractivity contribution in [2.24, 2.45) is 5.92 Å². The number of fused-ring (bicyclic) bond motifs is 1. The third-order valence-electron chi connectivity index (χ3n) is 6.76. The Bertz CT molecular complexity index is 929. The fourth-order valence-electron chi connectivity index (χ4n) is 5.06. The predicted octanol–water partition coefficient (Wildman–Crippen LogP) is 3.10. The maximum absolute atomic E-state index is 13.3. The van der Waals surface area contributed by atoms with Gasteiger partial charge in [0.25, 0.3) is 5.91 Å². The number of likely N-dealkylation sites (N-methyl/N-ethyl adjacent to an activating group) is 1. The largest absolute Gasteiger partial charge is 0.492 e. The van der Waals surface area contributed by atoms with E-state index in [4.69, 9.17) is 4.74 Å². The molecule has 2 aromatic rings. The number of carbonyl (C=O) groups is 2. The molecular weight excluding hydrogens is 402 g/mol. The van der Waals surface area contributed by atoms with Crippen molar-refractivity contribution in [3.8, 4) is 5.75 Å². The zero-order valence-electron chi connectivity index (χ0n) is 19.2. The average Bonchev–Trinajstić information content (AvgIpc) is 3.19. The van der Waals surface area contributed by atoms with Gasteiger partial charge in [-0.1, -0.05) is 30.3 Å². The molecule has 0 unspecified atom stereocenters. The molecule has 6 nitrogen and oxygen atoms in total. The van der Waals surface area contributed by atoms with Gasteiger partial charge in [0.05, 0.1) is 0 Å². The normalized spacial score (nSPS) is 22.7. The first-order chi connectivity index (χ1) is 15.4. The van der Waals surface area contributed by atoms with E-state index in [0.717, 1.165) is 25.3 Å². The summed E-state index contributed by atoms with van der Waals surface area (Å²) in [6, 6.07) is 18.0. The maximum Gasteiger partial charge on any atom is 0.253 e. The number of hydrogen-bond acceptors (Lipinski definition) is 4. The van der Waals surface area contributed by atoms with Crippen LogP contribution in [-0.4, -0.2) is 79.4 Å². The van der Waals surface area contributed by atoms with E-state index in [-0.39, 0.29) is 29.7 Å². The molecule has 32 heavy (non-hydrogen) atoms. The van der Waals surface area contributed by atoms with E-state index in [1.807, 2.05) is 54.2 Å². The highest BCUT2D eigenvalue weighted by Crippen LogP contribution is 2.41. The van der Waals surface area contributed by atoms with Crippen LogP contribution in [0.3, 0.4) is 0 Å². The van der Waals surface area contributed by atoms with Crippen LogP contribution in [0.2, 0.25) is 0 Å². The molecule has 2 aliphatic rings. The van der Waals surface area contributed by atoms with E-state index in [2.05, 4.69) is 29.2 Å². The maximum atomic E-state index is 13.3. The van der Waals surface area contributed by atoms with Crippen LogP contribution in [-0.2, 0) is 4.79 Å². The average molecular weight is 436 g/mol. The number of hydrogen-bond donors (Lipinski definition) is 0. The molecule has 0 spiro atoms. The second-order valence-electron chi connectivity index (χ2n) is 9.14. The standard InChI is InChI=1S/C26H33N3O3/c1-19(30)29-18-23(20-7-5-4-6-8-20)24-17-28(14-13-25(24)29)26(31)21-9-11-22(12-10-21)32-16-15-27(2)3/h4-12,23-25H,13-18H2,1-3H3/t23-,24-,25-/m1/s1. The van der Waals surface area contributed by atoms with Crippen molar-refractivity contribution in [1.29, 1.82) is 0 Å². The fourth-order valence-corrected chi connectivity index (χ4v) is 5.06. The quantitative estimate of drug-likeness (QED) is 0.700. The summed E-state index contributed by atoms with van der Waals surface area (Å²) in [6.07, 6.45) is 0.824. The van der Waals surface area contributed by atoms with Crippen LogP contribution in [0.4, 0.5) is 0 Å². The van der Waals surface area contributed by atoms with Crippen molar-refractivity contribution in [2.75, 3.05) is 46.9 Å². The molecule has 4 rings (SSSR count). The van der Waals surface area contributed by atoms with Crippen molar-refractivity contribution >= 4 is 11.8 Å². The Balaban J connectivity index is 1.45. The minimum atomic E-state index is 0.0522. The first-order valence-electron chi connectivity index (χ1n) is 11.4. The predicted molar refractivity (Wildman–Crippen MR) is 125 cm³/mol. The summed E-state index contributed by atoms with van der Waals surface area (Å²) < 4.78 is 5.75. The highest BCUT2D eigenvalue weighted by atomic mass is 16.5. The number of ether oxygens (including phenoxy) is 1. The van der Waals surface area contributed by atoms with Crippen molar-refractivity contribution in [3.05, 3.63) is 65.7 Å². The number of nitrogens with zero attached hydrogens (tertiary/aromatic N) is 3. The summed E-state index contributed by atoms with van der Waals surface area (Å²) in [5, 5.41) is 0. The van der Waals surface area contributed by atoms with Crippen LogP contribution in [0.25, 0.3) is 0 Å². The van der Waals surface area contributed by atoms with E-state index >= 15 is 0 Å². The van der Waals surface area contributed by atoms with Gasteiger partial charge >= 0.3 is 0 Å². The summed E-state index contributed by atoms with van der Waals surface area (Å²) in [5.41, 5.74) is 1.93. The van der Waals surface area contributed by atoms with Crippen LogP contribution < -0.4 is 4.74 Å². The Labute approximate surface area is 190 Å². The number of likely N-dealkylation sites (tertiary alicyclic amines) is 2. The van der Waals surface area contributed by atoms with Crippen molar-refractivity contribution in [1.82, 2.24) is 14.7 Å². The molecule has 6 heteroatoms. The molecule has 2 aromatic carbocycles. The first kappa shape index (κ1) is 22.3. The molecule has 2 fully saturated rings. The number of benzene rings is 2. The highest BCUT2D eigenvalue weighted by molar-refractivity contribution is 5.94. The molecule has 0 aromatic heterocycles. The molecule has 0 radical (unpaired) electrons. The monoisotopic (exact) mass is 435 g/mol. The van der Waals surface area contributed by atoms with Gasteiger partial charge in [0.15, 0.2) is 0 Å². The van der Waals surface area contributed by atoms with E-state index in [1.165, 1.54) is 5.56 Å². The third-order valence-corrected chi connectivity index (χ3v) is 6.76. The van der Waals surface area contributed by atoms with Gasteiger partial charge < -0.3 is 19.4 Å². The Morgan fingerprint density at radius 2 is 1.75 bits per heavy atom. The molecule has 170 valence electrons. The summed E-state index contributed by atoms with van der Waals surface area (Å²) in [7, 11) is 4.02. The van der Waals surface area contributed by atoms with Crippen molar-refractivity contribution in [3.63, 3.8) is 0 Å². The zero-order valence-corrected chi connectivity index (χ0v) is 19.2. The smallest absolute Gasteiger partial charge is 0.253 e. The zero-order chi connectivity index (χ0) is 22.7. The van der Waals surface area contributed by atoms with Gasteiger partial charge in [-0.15, -0.1) is 0 Å². The Morgan fingerprint density at radius 3 is 2.41 bits per heavy atom. The van der Waals surface area contributed by atoms with Gasteiger partial charge in [0.1, 0.15) is 12.4 Å². The molecular formula is C26H33N3O3. The highest BCUT2D eigenvalue weighted by Gasteiger charge is 2.46. The van der Waals surface area contributed by atoms with Crippen LogP contribution in [0, 0.1) is 5.92 Å². The van der Waals surface area contributed by atoms with Gasteiger partial charge in [-0.3, -0.25) is 9.59 Å². The van der Waals surface area contributed by atoms with Crippen LogP contribution in [0.1, 0.15) is 35.2 Å². The van der Waals surface area contributed by atoms with E-state index in [0.29, 0.717) is 25.3 Å². The molecule has 0 bridgehead atoms. The second-order valence-corrected chi connectivity index (χ2v) is 9.14. The summed E-state index contributed by atoms with van der Waals surface area (Å²) in [4.78, 5) is 31.6. The molecule has 2 heterocycles. The second kappa shape index (κ2) is 9.74. The van der Waals surface area contributed by atoms with Crippen molar-refractivity contribution < 1.29 is 14.3 Å². The lowest BCUT2D eigenvalue weighted by Crippen LogP contribution is -2.49. The summed E-state index contributed by atoms with van der Waals surface area (Å²) in [6.45, 7) is 5.19. The number of carbonyl (C=O) groups excluding carboxylic acids is 2. The first-order valence-corrected chi connectivity index (χ1v) is 11.4. The Hall–Kier alpha value is -2.86. The lowest BCUT2D eigenvalue weighted by atomic mass is 9.81. The lowest BCUT2D eigenvalue weighted by molar-refractivity contribution is -0.130. The number of amides is 2. The topological polar surface area (TPSA) is 53.1 Å². The molecule has 2 saturated heterocycles. The molecule has 3 atom stereocenters. The number of rotatable bonds is 6.